The Kier molecular flexibility index (Phi) is 8.55. The zero-order chi connectivity index (χ0) is 17.9. The molecule has 0 amide bonds. The number of hydrogen-bond donors (Lipinski definition) is 2. The van der Waals surface area contributed by atoms with E-state index < -0.39 is 0 Å². The normalized spacial score (nSPS) is 16.7. The first kappa shape index (κ1) is 19.5. The van der Waals surface area contributed by atoms with Gasteiger partial charge in [-0.1, -0.05) is 18.2 Å². The molecule has 0 radical (unpaired) electrons. The van der Waals surface area contributed by atoms with Crippen LogP contribution in [-0.2, 0) is 11.3 Å². The number of piperidine rings is 1. The molecule has 1 heterocycles. The van der Waals surface area contributed by atoms with E-state index in [0.717, 1.165) is 50.1 Å². The molecular formula is C19H32N4O2. The fourth-order valence-corrected chi connectivity index (χ4v) is 3.12. The van der Waals surface area contributed by atoms with Crippen molar-refractivity contribution in [1.29, 1.82) is 0 Å². The van der Waals surface area contributed by atoms with E-state index >= 15 is 0 Å². The molecule has 0 saturated carbocycles. The van der Waals surface area contributed by atoms with E-state index in [1.54, 1.807) is 14.2 Å². The fourth-order valence-electron chi connectivity index (χ4n) is 3.12. The van der Waals surface area contributed by atoms with Crippen LogP contribution in [0.5, 0.6) is 5.75 Å². The number of ether oxygens (including phenoxy) is 2. The van der Waals surface area contributed by atoms with Crippen LogP contribution in [0.3, 0.4) is 0 Å². The van der Waals surface area contributed by atoms with Crippen molar-refractivity contribution < 1.29 is 9.47 Å². The van der Waals surface area contributed by atoms with Crippen molar-refractivity contribution in [3.8, 4) is 5.75 Å². The number of likely N-dealkylation sites (tertiary alicyclic amines) is 1. The Labute approximate surface area is 151 Å². The quantitative estimate of drug-likeness (QED) is 0.553. The summed E-state index contributed by atoms with van der Waals surface area (Å²) in [4.78, 5) is 6.81. The van der Waals surface area contributed by atoms with E-state index in [1.165, 1.54) is 12.8 Å². The highest BCUT2D eigenvalue weighted by molar-refractivity contribution is 5.79. The van der Waals surface area contributed by atoms with Crippen LogP contribution in [-0.4, -0.2) is 64.9 Å². The van der Waals surface area contributed by atoms with Crippen molar-refractivity contribution in [2.45, 2.75) is 19.4 Å². The molecule has 0 spiro atoms. The van der Waals surface area contributed by atoms with E-state index in [9.17, 15) is 0 Å². The van der Waals surface area contributed by atoms with Crippen molar-refractivity contribution in [1.82, 2.24) is 15.5 Å². The number of rotatable bonds is 8. The first-order valence-electron chi connectivity index (χ1n) is 9.04. The minimum atomic E-state index is 0.694. The van der Waals surface area contributed by atoms with Gasteiger partial charge in [0.25, 0.3) is 0 Å². The SMILES string of the molecule is CN=C(NCc1ccccc1OC)NCC1CCN(CCOC)CC1. The first-order valence-corrected chi connectivity index (χ1v) is 9.04. The van der Waals surface area contributed by atoms with Gasteiger partial charge < -0.3 is 25.0 Å². The van der Waals surface area contributed by atoms with Gasteiger partial charge >= 0.3 is 0 Å². The van der Waals surface area contributed by atoms with Crippen LogP contribution >= 0.6 is 0 Å². The largest absolute Gasteiger partial charge is 0.496 e. The minimum absolute atomic E-state index is 0.694. The third-order valence-electron chi connectivity index (χ3n) is 4.74. The molecule has 1 aliphatic rings. The fraction of sp³-hybridized carbons (Fsp3) is 0.632. The number of aliphatic imine (C=N–C) groups is 1. The average Bonchev–Trinajstić information content (AvgIpc) is 2.67. The number of hydrogen-bond acceptors (Lipinski definition) is 4. The Hall–Kier alpha value is -1.79. The molecule has 140 valence electrons. The predicted octanol–water partition coefficient (Wildman–Crippen LogP) is 1.72. The summed E-state index contributed by atoms with van der Waals surface area (Å²) in [6.07, 6.45) is 2.44. The number of nitrogens with zero attached hydrogens (tertiary/aromatic N) is 2. The van der Waals surface area contributed by atoms with Crippen LogP contribution in [0, 0.1) is 5.92 Å². The molecule has 0 unspecified atom stereocenters. The monoisotopic (exact) mass is 348 g/mol. The summed E-state index contributed by atoms with van der Waals surface area (Å²) in [6, 6.07) is 8.04. The van der Waals surface area contributed by atoms with Crippen LogP contribution in [0.25, 0.3) is 0 Å². The van der Waals surface area contributed by atoms with Gasteiger partial charge in [0, 0.05) is 39.4 Å². The Morgan fingerprint density at radius 3 is 2.64 bits per heavy atom. The zero-order valence-electron chi connectivity index (χ0n) is 15.8. The van der Waals surface area contributed by atoms with Crippen LogP contribution in [0.15, 0.2) is 29.3 Å². The second-order valence-electron chi connectivity index (χ2n) is 6.40. The topological polar surface area (TPSA) is 58.1 Å². The maximum absolute atomic E-state index is 5.39. The summed E-state index contributed by atoms with van der Waals surface area (Å²) in [6.45, 7) is 5.83. The molecule has 2 N–H and O–H groups in total. The highest BCUT2D eigenvalue weighted by Gasteiger charge is 2.19. The molecule has 0 atom stereocenters. The molecular weight excluding hydrogens is 316 g/mol. The highest BCUT2D eigenvalue weighted by atomic mass is 16.5. The van der Waals surface area contributed by atoms with Gasteiger partial charge in [-0.15, -0.1) is 0 Å². The van der Waals surface area contributed by atoms with Gasteiger partial charge in [0.2, 0.25) is 0 Å². The van der Waals surface area contributed by atoms with E-state index in [4.69, 9.17) is 9.47 Å². The van der Waals surface area contributed by atoms with Crippen LogP contribution in [0.2, 0.25) is 0 Å². The number of benzene rings is 1. The van der Waals surface area contributed by atoms with Gasteiger partial charge in [0.1, 0.15) is 5.75 Å². The summed E-state index contributed by atoms with van der Waals surface area (Å²) < 4.78 is 10.5. The van der Waals surface area contributed by atoms with E-state index in [2.05, 4.69) is 26.6 Å². The van der Waals surface area contributed by atoms with Crippen molar-refractivity contribution in [2.24, 2.45) is 10.9 Å². The number of nitrogens with one attached hydrogen (secondary N) is 2. The van der Waals surface area contributed by atoms with Crippen LogP contribution < -0.4 is 15.4 Å². The van der Waals surface area contributed by atoms with Crippen molar-refractivity contribution in [2.75, 3.05) is 54.1 Å². The molecule has 6 heteroatoms. The maximum atomic E-state index is 5.39. The third-order valence-corrected chi connectivity index (χ3v) is 4.74. The van der Waals surface area contributed by atoms with Gasteiger partial charge in [0.05, 0.1) is 13.7 Å². The molecule has 0 aliphatic carbocycles. The van der Waals surface area contributed by atoms with Crippen molar-refractivity contribution in [3.63, 3.8) is 0 Å². The summed E-state index contributed by atoms with van der Waals surface area (Å²) >= 11 is 0. The average molecular weight is 348 g/mol. The Morgan fingerprint density at radius 2 is 1.96 bits per heavy atom. The summed E-state index contributed by atoms with van der Waals surface area (Å²) in [5.41, 5.74) is 1.12. The lowest BCUT2D eigenvalue weighted by atomic mass is 9.97. The second-order valence-corrected chi connectivity index (χ2v) is 6.40. The van der Waals surface area contributed by atoms with E-state index in [1.807, 2.05) is 25.2 Å². The Bertz CT molecular complexity index is 528. The number of guanidine groups is 1. The Balaban J connectivity index is 1.70. The standard InChI is InChI=1S/C19H32N4O2/c1-20-19(22-15-17-6-4-5-7-18(17)25-3)21-14-16-8-10-23(11-9-16)12-13-24-2/h4-7,16H,8-15H2,1-3H3,(H2,20,21,22). The van der Waals surface area contributed by atoms with Crippen molar-refractivity contribution in [3.05, 3.63) is 29.8 Å². The lowest BCUT2D eigenvalue weighted by Crippen LogP contribution is -2.43. The lowest BCUT2D eigenvalue weighted by Gasteiger charge is -2.32. The van der Waals surface area contributed by atoms with Crippen LogP contribution in [0.1, 0.15) is 18.4 Å². The molecule has 0 aromatic heterocycles. The van der Waals surface area contributed by atoms with E-state index in [-0.39, 0.29) is 0 Å². The predicted molar refractivity (Wildman–Crippen MR) is 102 cm³/mol. The molecule has 2 rings (SSSR count). The molecule has 1 aromatic carbocycles. The van der Waals surface area contributed by atoms with Gasteiger partial charge in [-0.05, 0) is 37.9 Å². The summed E-state index contributed by atoms with van der Waals surface area (Å²) in [7, 11) is 5.27. The number of methoxy groups -OCH3 is 2. The highest BCUT2D eigenvalue weighted by Crippen LogP contribution is 2.17. The lowest BCUT2D eigenvalue weighted by molar-refractivity contribution is 0.121. The van der Waals surface area contributed by atoms with Gasteiger partial charge in [0.15, 0.2) is 5.96 Å². The summed E-state index contributed by atoms with van der Waals surface area (Å²) in [5.74, 6) is 2.44. The maximum Gasteiger partial charge on any atom is 0.191 e. The molecule has 1 saturated heterocycles. The second kappa shape index (κ2) is 10.9. The van der Waals surface area contributed by atoms with Gasteiger partial charge in [-0.3, -0.25) is 4.99 Å². The molecule has 0 bridgehead atoms. The molecule has 1 aliphatic heterocycles. The molecule has 6 nitrogen and oxygen atoms in total. The number of para-hydroxylation sites is 1. The smallest absolute Gasteiger partial charge is 0.191 e. The van der Waals surface area contributed by atoms with Gasteiger partial charge in [-0.2, -0.15) is 0 Å². The third kappa shape index (κ3) is 6.55. The zero-order valence-corrected chi connectivity index (χ0v) is 15.8. The molecule has 25 heavy (non-hydrogen) atoms. The van der Waals surface area contributed by atoms with Crippen LogP contribution in [0.4, 0.5) is 0 Å². The Morgan fingerprint density at radius 1 is 1.20 bits per heavy atom. The molecule has 1 fully saturated rings. The molecule has 1 aromatic rings. The van der Waals surface area contributed by atoms with E-state index in [0.29, 0.717) is 12.5 Å². The minimum Gasteiger partial charge on any atom is -0.496 e. The summed E-state index contributed by atoms with van der Waals surface area (Å²) in [5, 5.41) is 6.83. The van der Waals surface area contributed by atoms with Gasteiger partial charge in [-0.25, -0.2) is 0 Å². The first-order chi connectivity index (χ1) is 12.3. The van der Waals surface area contributed by atoms with Crippen molar-refractivity contribution >= 4 is 5.96 Å².